The number of aliphatic hydroxyl groups is 1. The highest BCUT2D eigenvalue weighted by Crippen LogP contribution is 2.43. The molecule has 0 aliphatic rings. The van der Waals surface area contributed by atoms with E-state index in [1.165, 1.54) is 12.4 Å². The van der Waals surface area contributed by atoms with E-state index < -0.39 is 0 Å². The third-order valence-corrected chi connectivity index (χ3v) is 5.85. The molecule has 0 saturated heterocycles. The van der Waals surface area contributed by atoms with E-state index in [1.54, 1.807) is 0 Å². The van der Waals surface area contributed by atoms with Gasteiger partial charge in [0.15, 0.2) is 0 Å². The van der Waals surface area contributed by atoms with E-state index in [4.69, 9.17) is 4.42 Å². The number of amides is 1. The molecule has 0 aliphatic heterocycles. The summed E-state index contributed by atoms with van der Waals surface area (Å²) >= 11 is 0. The summed E-state index contributed by atoms with van der Waals surface area (Å²) in [6.45, 7) is 3.37. The van der Waals surface area contributed by atoms with Crippen LogP contribution < -0.4 is 10.6 Å². The Morgan fingerprint density at radius 1 is 0.944 bits per heavy atom. The van der Waals surface area contributed by atoms with Crippen molar-refractivity contribution in [2.45, 2.75) is 6.04 Å². The van der Waals surface area contributed by atoms with Gasteiger partial charge in [0.2, 0.25) is 11.6 Å². The van der Waals surface area contributed by atoms with Gasteiger partial charge in [-0.25, -0.2) is 9.97 Å². The third kappa shape index (κ3) is 4.60. The second-order valence-electron chi connectivity index (χ2n) is 8.14. The van der Waals surface area contributed by atoms with Crippen molar-refractivity contribution < 1.29 is 14.3 Å². The number of rotatable bonds is 8. The first-order valence-corrected chi connectivity index (χ1v) is 11.5. The Morgan fingerprint density at radius 2 is 1.64 bits per heavy atom. The number of aromatic nitrogens is 2. The lowest BCUT2D eigenvalue weighted by Crippen LogP contribution is -2.15. The summed E-state index contributed by atoms with van der Waals surface area (Å²) in [7, 11) is 0. The molecule has 36 heavy (non-hydrogen) atoms. The number of anilines is 2. The number of hydrogen-bond donors (Lipinski definition) is 3. The van der Waals surface area contributed by atoms with E-state index >= 15 is 0 Å². The van der Waals surface area contributed by atoms with Crippen LogP contribution in [0.5, 0.6) is 0 Å². The van der Waals surface area contributed by atoms with E-state index in [9.17, 15) is 9.90 Å². The molecule has 0 spiro atoms. The molecule has 0 saturated carbocycles. The summed E-state index contributed by atoms with van der Waals surface area (Å²) < 4.78 is 6.28. The Hall–Kier alpha value is -4.75. The molecule has 5 aromatic rings. The summed E-state index contributed by atoms with van der Waals surface area (Å²) in [6.07, 6.45) is 2.67. The molecule has 0 fully saturated rings. The molecule has 1 amide bonds. The average Bonchev–Trinajstić information content (AvgIpc) is 3.33. The maximum atomic E-state index is 11.7. The molecule has 0 bridgehead atoms. The van der Waals surface area contributed by atoms with Crippen LogP contribution in [0.25, 0.3) is 33.6 Å². The number of benzene rings is 3. The number of aliphatic hydroxyl groups excluding tert-OH is 1. The Kier molecular flexibility index (Phi) is 6.55. The van der Waals surface area contributed by atoms with Gasteiger partial charge in [0, 0.05) is 16.8 Å². The first-order chi connectivity index (χ1) is 17.7. The zero-order chi connectivity index (χ0) is 24.9. The van der Waals surface area contributed by atoms with Gasteiger partial charge in [-0.3, -0.25) is 4.79 Å². The van der Waals surface area contributed by atoms with Gasteiger partial charge < -0.3 is 20.2 Å². The summed E-state index contributed by atoms with van der Waals surface area (Å²) in [5.41, 5.74) is 4.57. The van der Waals surface area contributed by atoms with Gasteiger partial charge in [0.1, 0.15) is 17.9 Å². The Balaban J connectivity index is 1.66. The molecule has 0 radical (unpaired) electrons. The van der Waals surface area contributed by atoms with Crippen LogP contribution in [0.4, 0.5) is 11.5 Å². The lowest BCUT2D eigenvalue weighted by atomic mass is 9.98. The van der Waals surface area contributed by atoms with Gasteiger partial charge >= 0.3 is 0 Å². The molecule has 178 valence electrons. The number of fused-ring (bicyclic) bond motifs is 1. The van der Waals surface area contributed by atoms with E-state index in [0.29, 0.717) is 28.4 Å². The fourth-order valence-electron chi connectivity index (χ4n) is 4.11. The van der Waals surface area contributed by atoms with Gasteiger partial charge in [-0.05, 0) is 29.3 Å². The summed E-state index contributed by atoms with van der Waals surface area (Å²) in [4.78, 5) is 20.6. The van der Waals surface area contributed by atoms with Crippen molar-refractivity contribution in [2.24, 2.45) is 0 Å². The van der Waals surface area contributed by atoms with Gasteiger partial charge in [0.05, 0.1) is 18.0 Å². The van der Waals surface area contributed by atoms with Crippen molar-refractivity contribution in [2.75, 3.05) is 17.2 Å². The number of hydrogen-bond acceptors (Lipinski definition) is 6. The molecule has 3 N–H and O–H groups in total. The molecule has 7 heteroatoms. The van der Waals surface area contributed by atoms with Crippen LogP contribution in [0, 0.1) is 0 Å². The van der Waals surface area contributed by atoms with E-state index in [0.717, 1.165) is 22.3 Å². The third-order valence-electron chi connectivity index (χ3n) is 5.85. The maximum absolute atomic E-state index is 11.7. The van der Waals surface area contributed by atoms with Crippen molar-refractivity contribution >= 4 is 28.5 Å². The molecule has 2 aromatic heterocycles. The average molecular weight is 477 g/mol. The van der Waals surface area contributed by atoms with Crippen molar-refractivity contribution in [3.05, 3.63) is 109 Å². The summed E-state index contributed by atoms with van der Waals surface area (Å²) in [5, 5.41) is 17.0. The van der Waals surface area contributed by atoms with E-state index in [2.05, 4.69) is 27.2 Å². The minimum atomic E-state index is -0.372. The van der Waals surface area contributed by atoms with Crippen molar-refractivity contribution in [1.82, 2.24) is 9.97 Å². The predicted octanol–water partition coefficient (Wildman–Crippen LogP) is 5.83. The molecule has 0 aliphatic carbocycles. The fourth-order valence-corrected chi connectivity index (χ4v) is 4.11. The zero-order valence-corrected chi connectivity index (χ0v) is 19.4. The molecular weight excluding hydrogens is 452 g/mol. The highest BCUT2D eigenvalue weighted by molar-refractivity contribution is 6.06. The van der Waals surface area contributed by atoms with Crippen LogP contribution in [0.1, 0.15) is 11.6 Å². The van der Waals surface area contributed by atoms with Crippen LogP contribution >= 0.6 is 0 Å². The zero-order valence-electron chi connectivity index (χ0n) is 19.4. The highest BCUT2D eigenvalue weighted by atomic mass is 16.3. The maximum Gasteiger partial charge on any atom is 0.247 e. The highest BCUT2D eigenvalue weighted by Gasteiger charge is 2.23. The first-order valence-electron chi connectivity index (χ1n) is 11.5. The standard InChI is InChI=1S/C29H24N4O3/c1-2-24(35)32-22-15-13-20(14-16-22)25-26-28(33-23(17-34)19-9-5-3-6-10-19)30-18-31-29(26)36-27(25)21-11-7-4-8-12-21/h2-16,18,23,34H,1,17H2,(H,32,35)(H,30,31,33)/t23-/m1/s1. The van der Waals surface area contributed by atoms with Gasteiger partial charge in [0.25, 0.3) is 0 Å². The summed E-state index contributed by atoms with van der Waals surface area (Å²) in [5.74, 6) is 0.919. The second kappa shape index (κ2) is 10.2. The molecule has 0 unspecified atom stereocenters. The number of carbonyl (C=O) groups is 1. The monoisotopic (exact) mass is 476 g/mol. The van der Waals surface area contributed by atoms with Gasteiger partial charge in [-0.1, -0.05) is 79.4 Å². The normalized spacial score (nSPS) is 11.7. The van der Waals surface area contributed by atoms with Crippen LogP contribution in [0.2, 0.25) is 0 Å². The van der Waals surface area contributed by atoms with Crippen LogP contribution in [-0.2, 0) is 4.79 Å². The quantitative estimate of drug-likeness (QED) is 0.244. The molecule has 3 aromatic carbocycles. The van der Waals surface area contributed by atoms with Crippen LogP contribution in [0.3, 0.4) is 0 Å². The van der Waals surface area contributed by atoms with Gasteiger partial charge in [-0.2, -0.15) is 0 Å². The van der Waals surface area contributed by atoms with E-state index in [-0.39, 0.29) is 18.6 Å². The largest absolute Gasteiger partial charge is 0.437 e. The van der Waals surface area contributed by atoms with E-state index in [1.807, 2.05) is 84.9 Å². The second-order valence-corrected chi connectivity index (χ2v) is 8.14. The Bertz CT molecular complexity index is 1500. The smallest absolute Gasteiger partial charge is 0.247 e. The van der Waals surface area contributed by atoms with Crippen molar-refractivity contribution in [3.63, 3.8) is 0 Å². The van der Waals surface area contributed by atoms with Gasteiger partial charge in [-0.15, -0.1) is 0 Å². The lowest BCUT2D eigenvalue weighted by Gasteiger charge is -2.18. The van der Waals surface area contributed by atoms with Crippen molar-refractivity contribution in [3.8, 4) is 22.5 Å². The molecule has 5 rings (SSSR count). The topological polar surface area (TPSA) is 100 Å². The lowest BCUT2D eigenvalue weighted by molar-refractivity contribution is -0.111. The summed E-state index contributed by atoms with van der Waals surface area (Å²) in [6, 6.07) is 26.6. The molecular formula is C29H24N4O3. The number of nitrogens with one attached hydrogen (secondary N) is 2. The SMILES string of the molecule is C=CC(=O)Nc1ccc(-c2c(-c3ccccc3)oc3ncnc(N[C@H](CO)c4ccccc4)c23)cc1. The number of furan rings is 1. The predicted molar refractivity (Wildman–Crippen MR) is 141 cm³/mol. The van der Waals surface area contributed by atoms with Crippen LogP contribution in [-0.4, -0.2) is 27.6 Å². The molecule has 7 nitrogen and oxygen atoms in total. The number of nitrogens with zero attached hydrogens (tertiary/aromatic N) is 2. The fraction of sp³-hybridized carbons (Fsp3) is 0.0690. The Morgan fingerprint density at radius 3 is 2.31 bits per heavy atom. The number of carbonyl (C=O) groups excluding carboxylic acids is 1. The molecule has 2 heterocycles. The first kappa shape index (κ1) is 23.0. The van der Waals surface area contributed by atoms with Crippen LogP contribution in [0.15, 0.2) is 108 Å². The minimum Gasteiger partial charge on any atom is -0.437 e. The Labute approximate surface area is 208 Å². The molecule has 1 atom stereocenters. The minimum absolute atomic E-state index is 0.119. The van der Waals surface area contributed by atoms with Crippen molar-refractivity contribution in [1.29, 1.82) is 0 Å².